The van der Waals surface area contributed by atoms with Gasteiger partial charge in [-0.3, -0.25) is 4.79 Å². The van der Waals surface area contributed by atoms with E-state index < -0.39 is 0 Å². The largest absolute Gasteiger partial charge is 0.485 e. The van der Waals surface area contributed by atoms with E-state index in [1.807, 2.05) is 35.9 Å². The van der Waals surface area contributed by atoms with Crippen molar-refractivity contribution in [3.8, 4) is 11.5 Å². The number of hydrogen-bond acceptors (Lipinski definition) is 7. The van der Waals surface area contributed by atoms with Crippen molar-refractivity contribution >= 4 is 17.7 Å². The van der Waals surface area contributed by atoms with E-state index in [-0.39, 0.29) is 17.3 Å². The lowest BCUT2D eigenvalue weighted by Gasteiger charge is -2.25. The Labute approximate surface area is 136 Å². The van der Waals surface area contributed by atoms with Crippen molar-refractivity contribution in [1.82, 2.24) is 14.8 Å². The Morgan fingerprint density at radius 1 is 1.22 bits per heavy atom. The van der Waals surface area contributed by atoms with Crippen molar-refractivity contribution in [3.63, 3.8) is 0 Å². The highest BCUT2D eigenvalue weighted by atomic mass is 32.2. The van der Waals surface area contributed by atoms with E-state index in [0.717, 1.165) is 5.75 Å². The van der Waals surface area contributed by atoms with Crippen molar-refractivity contribution in [2.45, 2.75) is 22.9 Å². The van der Waals surface area contributed by atoms with E-state index in [4.69, 9.17) is 14.2 Å². The first kappa shape index (κ1) is 14.4. The van der Waals surface area contributed by atoms with Crippen LogP contribution < -0.4 is 9.47 Å². The summed E-state index contributed by atoms with van der Waals surface area (Å²) in [6.07, 6.45) is 0.370. The Hall–Kier alpha value is -2.22. The van der Waals surface area contributed by atoms with Crippen LogP contribution in [0.25, 0.3) is 0 Å². The molecule has 0 N–H and O–H groups in total. The summed E-state index contributed by atoms with van der Waals surface area (Å²) >= 11 is 1.37. The Bertz CT molecular complexity index is 748. The van der Waals surface area contributed by atoms with Crippen molar-refractivity contribution in [2.24, 2.45) is 7.05 Å². The van der Waals surface area contributed by atoms with Gasteiger partial charge in [-0.05, 0) is 12.1 Å². The monoisotopic (exact) mass is 333 g/mol. The maximum Gasteiger partial charge on any atom is 0.319 e. The van der Waals surface area contributed by atoms with E-state index in [9.17, 15) is 4.79 Å². The van der Waals surface area contributed by atoms with E-state index in [0.29, 0.717) is 36.4 Å². The number of benzene rings is 1. The summed E-state index contributed by atoms with van der Waals surface area (Å²) in [5.41, 5.74) is 0. The molecule has 2 atom stereocenters. The van der Waals surface area contributed by atoms with E-state index >= 15 is 0 Å². The van der Waals surface area contributed by atoms with Gasteiger partial charge in [0.05, 0.1) is 6.61 Å². The number of esters is 1. The van der Waals surface area contributed by atoms with Gasteiger partial charge in [0.25, 0.3) is 0 Å². The molecule has 0 bridgehead atoms. The highest BCUT2D eigenvalue weighted by molar-refractivity contribution is 8.00. The minimum atomic E-state index is -0.327. The van der Waals surface area contributed by atoms with Gasteiger partial charge in [-0.1, -0.05) is 23.9 Å². The Kier molecular flexibility index (Phi) is 3.60. The maximum absolute atomic E-state index is 11.6. The molecule has 1 aromatic carbocycles. The number of cyclic esters (lactones) is 1. The molecule has 2 aliphatic heterocycles. The predicted molar refractivity (Wildman–Crippen MR) is 81.5 cm³/mol. The lowest BCUT2D eigenvalue weighted by molar-refractivity contribution is -0.137. The van der Waals surface area contributed by atoms with Gasteiger partial charge in [-0.25, -0.2) is 0 Å². The van der Waals surface area contributed by atoms with Crippen molar-refractivity contribution in [1.29, 1.82) is 0 Å². The summed E-state index contributed by atoms with van der Waals surface area (Å²) in [6.45, 7) is 0.844. The minimum Gasteiger partial charge on any atom is -0.485 e. The molecule has 3 heterocycles. The zero-order valence-electron chi connectivity index (χ0n) is 12.5. The molecule has 2 aliphatic rings. The molecule has 2 unspecified atom stereocenters. The molecule has 4 rings (SSSR count). The van der Waals surface area contributed by atoms with Gasteiger partial charge in [-0.2, -0.15) is 0 Å². The van der Waals surface area contributed by atoms with Crippen molar-refractivity contribution in [3.05, 3.63) is 30.1 Å². The minimum absolute atomic E-state index is 0.189. The highest BCUT2D eigenvalue weighted by Gasteiger charge is 2.31. The zero-order valence-corrected chi connectivity index (χ0v) is 13.3. The van der Waals surface area contributed by atoms with Crippen LogP contribution in [0.3, 0.4) is 0 Å². The molecule has 23 heavy (non-hydrogen) atoms. The second kappa shape index (κ2) is 5.77. The maximum atomic E-state index is 11.6. The number of para-hydroxylation sites is 2. The van der Waals surface area contributed by atoms with Gasteiger partial charge in [0.1, 0.15) is 11.9 Å². The van der Waals surface area contributed by atoms with Crippen LogP contribution in [0.1, 0.15) is 18.3 Å². The molecule has 0 saturated carbocycles. The quantitative estimate of drug-likeness (QED) is 0.792. The molecule has 7 nitrogen and oxygen atoms in total. The summed E-state index contributed by atoms with van der Waals surface area (Å²) in [7, 11) is 1.86. The average molecular weight is 333 g/mol. The third-order valence-corrected chi connectivity index (χ3v) is 5.08. The van der Waals surface area contributed by atoms with Gasteiger partial charge in [-0.15, -0.1) is 10.2 Å². The Balaban J connectivity index is 1.53. The van der Waals surface area contributed by atoms with Crippen LogP contribution in [-0.4, -0.2) is 39.2 Å². The summed E-state index contributed by atoms with van der Waals surface area (Å²) < 4.78 is 18.5. The summed E-state index contributed by atoms with van der Waals surface area (Å²) in [5, 5.41) is 8.85. The average Bonchev–Trinajstić information content (AvgIpc) is 3.14. The van der Waals surface area contributed by atoms with Crippen LogP contribution in [0.5, 0.6) is 11.5 Å². The number of aromatic nitrogens is 3. The van der Waals surface area contributed by atoms with Crippen LogP contribution in [0, 0.1) is 0 Å². The van der Waals surface area contributed by atoms with Gasteiger partial charge < -0.3 is 18.8 Å². The summed E-state index contributed by atoms with van der Waals surface area (Å²) in [4.78, 5) is 11.6. The molecule has 1 saturated heterocycles. The fourth-order valence-corrected chi connectivity index (χ4v) is 3.54. The second-order valence-electron chi connectivity index (χ2n) is 5.33. The number of nitrogens with zero attached hydrogens (tertiary/aromatic N) is 3. The molecule has 1 fully saturated rings. The van der Waals surface area contributed by atoms with Gasteiger partial charge >= 0.3 is 5.97 Å². The first-order chi connectivity index (χ1) is 11.2. The molecule has 120 valence electrons. The van der Waals surface area contributed by atoms with Gasteiger partial charge in [0.2, 0.25) is 0 Å². The van der Waals surface area contributed by atoms with Crippen molar-refractivity contribution < 1.29 is 19.0 Å². The van der Waals surface area contributed by atoms with Crippen molar-refractivity contribution in [2.75, 3.05) is 13.2 Å². The molecule has 0 spiro atoms. The van der Waals surface area contributed by atoms with Crippen LogP contribution in [0.15, 0.2) is 29.4 Å². The number of thioether (sulfide) groups is 1. The summed E-state index contributed by atoms with van der Waals surface area (Å²) in [6, 6.07) is 7.53. The third kappa shape index (κ3) is 2.63. The Morgan fingerprint density at radius 3 is 2.83 bits per heavy atom. The van der Waals surface area contributed by atoms with Crippen LogP contribution in [-0.2, 0) is 16.6 Å². The number of carbonyl (C=O) groups excluding carboxylic acids is 1. The topological polar surface area (TPSA) is 75.5 Å². The predicted octanol–water partition coefficient (Wildman–Crippen LogP) is 1.74. The molecule has 0 amide bonds. The zero-order chi connectivity index (χ0) is 15.8. The standard InChI is InChI=1S/C15H15N3O4S/c1-18-13(11-8-21-9-4-2-3-5-10(9)22-11)16-17-15(18)23-12-6-7-20-14(12)19/h2-5,11-12H,6-8H2,1H3. The third-order valence-electron chi connectivity index (χ3n) is 3.80. The molecular formula is C15H15N3O4S. The molecule has 8 heteroatoms. The number of hydrogen-bond donors (Lipinski definition) is 0. The molecule has 1 aromatic heterocycles. The number of fused-ring (bicyclic) bond motifs is 1. The SMILES string of the molecule is Cn1c(SC2CCOC2=O)nnc1C1COc2ccccc2O1. The highest BCUT2D eigenvalue weighted by Crippen LogP contribution is 2.36. The lowest BCUT2D eigenvalue weighted by Crippen LogP contribution is -2.24. The first-order valence-corrected chi connectivity index (χ1v) is 8.21. The molecular weight excluding hydrogens is 318 g/mol. The fraction of sp³-hybridized carbons (Fsp3) is 0.400. The first-order valence-electron chi connectivity index (χ1n) is 7.33. The van der Waals surface area contributed by atoms with E-state index in [2.05, 4.69) is 10.2 Å². The summed E-state index contributed by atoms with van der Waals surface area (Å²) in [5.74, 6) is 1.91. The smallest absolute Gasteiger partial charge is 0.319 e. The number of carbonyl (C=O) groups is 1. The molecule has 2 aromatic rings. The van der Waals surface area contributed by atoms with Crippen LogP contribution in [0.4, 0.5) is 0 Å². The lowest BCUT2D eigenvalue weighted by atomic mass is 10.2. The normalized spacial score (nSPS) is 22.9. The van der Waals surface area contributed by atoms with E-state index in [1.165, 1.54) is 11.8 Å². The molecule has 0 radical (unpaired) electrons. The van der Waals surface area contributed by atoms with Gasteiger partial charge in [0, 0.05) is 13.5 Å². The Morgan fingerprint density at radius 2 is 2.04 bits per heavy atom. The molecule has 0 aliphatic carbocycles. The second-order valence-corrected chi connectivity index (χ2v) is 6.50. The van der Waals surface area contributed by atoms with E-state index in [1.54, 1.807) is 0 Å². The van der Waals surface area contributed by atoms with Crippen LogP contribution >= 0.6 is 11.8 Å². The number of rotatable bonds is 3. The van der Waals surface area contributed by atoms with Gasteiger partial charge in [0.15, 0.2) is 28.6 Å². The van der Waals surface area contributed by atoms with Crippen LogP contribution in [0.2, 0.25) is 0 Å². The number of ether oxygens (including phenoxy) is 3. The fourth-order valence-electron chi connectivity index (χ4n) is 2.57.